The summed E-state index contributed by atoms with van der Waals surface area (Å²) in [5, 5.41) is 4.05. The van der Waals surface area contributed by atoms with Crippen LogP contribution >= 0.6 is 0 Å². The molecule has 0 saturated carbocycles. The minimum Gasteiger partial charge on any atom is -0.376 e. The van der Waals surface area contributed by atoms with Gasteiger partial charge in [0, 0.05) is 38.2 Å². The molecule has 1 saturated heterocycles. The predicted octanol–water partition coefficient (Wildman–Crippen LogP) is 2.24. The van der Waals surface area contributed by atoms with Gasteiger partial charge in [-0.05, 0) is 31.2 Å². The van der Waals surface area contributed by atoms with Crippen LogP contribution < -0.4 is 5.43 Å². The van der Waals surface area contributed by atoms with E-state index in [1.807, 2.05) is 35.2 Å². The number of amides is 2. The zero-order valence-corrected chi connectivity index (χ0v) is 14.4. The highest BCUT2D eigenvalue weighted by Gasteiger charge is 2.23. The highest BCUT2D eigenvalue weighted by Crippen LogP contribution is 2.17. The normalized spacial score (nSPS) is 20.1. The molecule has 0 aromatic heterocycles. The average molecular weight is 343 g/mol. The minimum absolute atomic E-state index is 0.0563. The first-order valence-corrected chi connectivity index (χ1v) is 8.98. The Morgan fingerprint density at radius 1 is 1.28 bits per heavy atom. The molecule has 134 valence electrons. The second kappa shape index (κ2) is 8.76. The maximum Gasteiger partial charge on any atom is 0.240 e. The average Bonchev–Trinajstić information content (AvgIpc) is 3.14. The quantitative estimate of drug-likeness (QED) is 0.825. The van der Waals surface area contributed by atoms with Crippen LogP contribution in [-0.4, -0.2) is 41.7 Å². The molecular formula is C19H25N3O3. The van der Waals surface area contributed by atoms with Crippen LogP contribution in [0.15, 0.2) is 35.4 Å². The van der Waals surface area contributed by atoms with E-state index in [2.05, 4.69) is 10.5 Å². The Labute approximate surface area is 148 Å². The number of benzene rings is 1. The second-order valence-electron chi connectivity index (χ2n) is 6.61. The van der Waals surface area contributed by atoms with E-state index in [-0.39, 0.29) is 17.9 Å². The minimum atomic E-state index is -0.0563. The van der Waals surface area contributed by atoms with E-state index in [4.69, 9.17) is 4.74 Å². The van der Waals surface area contributed by atoms with Gasteiger partial charge >= 0.3 is 0 Å². The first-order valence-electron chi connectivity index (χ1n) is 8.98. The first kappa shape index (κ1) is 17.6. The highest BCUT2D eigenvalue weighted by atomic mass is 16.5. The Bertz CT molecular complexity index is 624. The van der Waals surface area contributed by atoms with Crippen molar-refractivity contribution in [3.05, 3.63) is 35.9 Å². The summed E-state index contributed by atoms with van der Waals surface area (Å²) >= 11 is 0. The van der Waals surface area contributed by atoms with Crippen molar-refractivity contribution >= 4 is 17.5 Å². The van der Waals surface area contributed by atoms with Gasteiger partial charge in [-0.2, -0.15) is 5.10 Å². The van der Waals surface area contributed by atoms with Gasteiger partial charge in [-0.25, -0.2) is 5.43 Å². The smallest absolute Gasteiger partial charge is 0.240 e. The molecule has 0 aliphatic carbocycles. The molecule has 0 radical (unpaired) electrons. The van der Waals surface area contributed by atoms with Crippen LogP contribution in [0.25, 0.3) is 0 Å². The van der Waals surface area contributed by atoms with E-state index in [1.165, 1.54) is 0 Å². The number of nitrogens with zero attached hydrogens (tertiary/aromatic N) is 2. The second-order valence-corrected chi connectivity index (χ2v) is 6.61. The molecule has 6 heteroatoms. The summed E-state index contributed by atoms with van der Waals surface area (Å²) in [6.45, 7) is 2.02. The third-order valence-corrected chi connectivity index (χ3v) is 4.62. The van der Waals surface area contributed by atoms with Crippen LogP contribution in [0.5, 0.6) is 0 Å². The van der Waals surface area contributed by atoms with Crippen molar-refractivity contribution in [1.29, 1.82) is 0 Å². The van der Waals surface area contributed by atoms with Crippen molar-refractivity contribution in [3.63, 3.8) is 0 Å². The number of nitrogens with one attached hydrogen (secondary N) is 1. The van der Waals surface area contributed by atoms with Gasteiger partial charge in [0.2, 0.25) is 11.8 Å². The summed E-state index contributed by atoms with van der Waals surface area (Å²) in [7, 11) is 0. The van der Waals surface area contributed by atoms with Crippen molar-refractivity contribution in [1.82, 2.24) is 10.3 Å². The third-order valence-electron chi connectivity index (χ3n) is 4.62. The van der Waals surface area contributed by atoms with Crippen LogP contribution in [0.4, 0.5) is 0 Å². The van der Waals surface area contributed by atoms with Crippen LogP contribution in [0.1, 0.15) is 44.1 Å². The molecule has 1 aromatic rings. The van der Waals surface area contributed by atoms with Gasteiger partial charge in [0.15, 0.2) is 0 Å². The van der Waals surface area contributed by atoms with Crippen LogP contribution in [0.3, 0.4) is 0 Å². The molecule has 0 unspecified atom stereocenters. The largest absolute Gasteiger partial charge is 0.376 e. The van der Waals surface area contributed by atoms with E-state index >= 15 is 0 Å². The van der Waals surface area contributed by atoms with Crippen LogP contribution in [0, 0.1) is 0 Å². The number of hydrogen-bond acceptors (Lipinski definition) is 4. The number of carbonyl (C=O) groups is 2. The maximum atomic E-state index is 12.8. The predicted molar refractivity (Wildman–Crippen MR) is 94.9 cm³/mol. The SMILES string of the molecule is O=C1CCC(CCC(=O)N(Cc2ccccc2)C[C@H]2CCCO2)=NN1. The summed E-state index contributed by atoms with van der Waals surface area (Å²) < 4.78 is 5.71. The lowest BCUT2D eigenvalue weighted by atomic mass is 10.1. The lowest BCUT2D eigenvalue weighted by molar-refractivity contribution is -0.133. The lowest BCUT2D eigenvalue weighted by Crippen LogP contribution is -2.37. The summed E-state index contributed by atoms with van der Waals surface area (Å²) in [6, 6.07) is 10.0. The van der Waals surface area contributed by atoms with Gasteiger partial charge in [-0.1, -0.05) is 30.3 Å². The molecule has 1 N–H and O–H groups in total. The molecule has 2 amide bonds. The molecule has 2 aliphatic heterocycles. The Morgan fingerprint density at radius 3 is 2.80 bits per heavy atom. The molecule has 2 heterocycles. The zero-order valence-electron chi connectivity index (χ0n) is 14.4. The van der Waals surface area contributed by atoms with Gasteiger partial charge < -0.3 is 9.64 Å². The van der Waals surface area contributed by atoms with Crippen LogP contribution in [-0.2, 0) is 20.9 Å². The molecule has 1 aromatic carbocycles. The van der Waals surface area contributed by atoms with E-state index < -0.39 is 0 Å². The van der Waals surface area contributed by atoms with Gasteiger partial charge in [0.05, 0.1) is 6.10 Å². The topological polar surface area (TPSA) is 71.0 Å². The summed E-state index contributed by atoms with van der Waals surface area (Å²) in [6.07, 6.45) is 4.31. The van der Waals surface area contributed by atoms with Crippen molar-refractivity contribution in [2.45, 2.75) is 51.2 Å². The molecule has 25 heavy (non-hydrogen) atoms. The maximum absolute atomic E-state index is 12.8. The van der Waals surface area contributed by atoms with Crippen molar-refractivity contribution in [3.8, 4) is 0 Å². The summed E-state index contributed by atoms with van der Waals surface area (Å²) in [4.78, 5) is 25.8. The first-order chi connectivity index (χ1) is 12.2. The standard InChI is InChI=1S/C19H25N3O3/c23-18-10-8-16(20-21-18)9-11-19(24)22(14-17-7-4-12-25-17)13-15-5-2-1-3-6-15/h1-3,5-6,17H,4,7-14H2,(H,21,23)/t17-/m1/s1. The number of hydrazone groups is 1. The van der Waals surface area contributed by atoms with Gasteiger partial charge in [-0.15, -0.1) is 0 Å². The third kappa shape index (κ3) is 5.39. The number of hydrogen-bond donors (Lipinski definition) is 1. The number of rotatable bonds is 7. The molecule has 2 aliphatic rings. The molecule has 0 spiro atoms. The fourth-order valence-corrected chi connectivity index (χ4v) is 3.19. The van der Waals surface area contributed by atoms with Gasteiger partial charge in [0.1, 0.15) is 0 Å². The van der Waals surface area contributed by atoms with E-state index in [0.717, 1.165) is 30.7 Å². The van der Waals surface area contributed by atoms with E-state index in [9.17, 15) is 9.59 Å². The van der Waals surface area contributed by atoms with Crippen molar-refractivity contribution < 1.29 is 14.3 Å². The molecule has 3 rings (SSSR count). The monoisotopic (exact) mass is 343 g/mol. The lowest BCUT2D eigenvalue weighted by Gasteiger charge is -2.26. The summed E-state index contributed by atoms with van der Waals surface area (Å²) in [5.74, 6) is 0.0538. The summed E-state index contributed by atoms with van der Waals surface area (Å²) in [5.41, 5.74) is 4.50. The Hall–Kier alpha value is -2.21. The van der Waals surface area contributed by atoms with E-state index in [1.54, 1.807) is 0 Å². The number of ether oxygens (including phenoxy) is 1. The molecular weight excluding hydrogens is 318 g/mol. The van der Waals surface area contributed by atoms with Gasteiger partial charge in [-0.3, -0.25) is 9.59 Å². The molecule has 0 bridgehead atoms. The van der Waals surface area contributed by atoms with Crippen molar-refractivity contribution in [2.24, 2.45) is 5.10 Å². The van der Waals surface area contributed by atoms with E-state index in [0.29, 0.717) is 38.8 Å². The number of carbonyl (C=O) groups excluding carboxylic acids is 2. The molecule has 1 atom stereocenters. The Morgan fingerprint density at radius 2 is 2.12 bits per heavy atom. The zero-order chi connectivity index (χ0) is 17.5. The molecule has 6 nitrogen and oxygen atoms in total. The Kier molecular flexibility index (Phi) is 6.17. The van der Waals surface area contributed by atoms with Crippen LogP contribution in [0.2, 0.25) is 0 Å². The Balaban J connectivity index is 1.58. The highest BCUT2D eigenvalue weighted by molar-refractivity contribution is 5.94. The van der Waals surface area contributed by atoms with Crippen molar-refractivity contribution in [2.75, 3.05) is 13.2 Å². The fraction of sp³-hybridized carbons (Fsp3) is 0.526. The van der Waals surface area contributed by atoms with Gasteiger partial charge in [0.25, 0.3) is 0 Å². The molecule has 1 fully saturated rings. The fourth-order valence-electron chi connectivity index (χ4n) is 3.19.